The number of hydrogen-bond donors (Lipinski definition) is 1. The Labute approximate surface area is 132 Å². The SMILES string of the molecule is CC(C)c1ccc(C(O)C2CCOC3(CCSC3)C2)cc1. The van der Waals surface area contributed by atoms with Crippen molar-refractivity contribution in [1.29, 1.82) is 0 Å². The van der Waals surface area contributed by atoms with Gasteiger partial charge in [-0.25, -0.2) is 0 Å². The highest BCUT2D eigenvalue weighted by molar-refractivity contribution is 7.99. The lowest BCUT2D eigenvalue weighted by Crippen LogP contribution is -2.41. The van der Waals surface area contributed by atoms with E-state index in [4.69, 9.17) is 4.74 Å². The fraction of sp³-hybridized carbons (Fsp3) is 0.667. The van der Waals surface area contributed by atoms with Crippen LogP contribution >= 0.6 is 11.8 Å². The Morgan fingerprint density at radius 2 is 1.95 bits per heavy atom. The van der Waals surface area contributed by atoms with Crippen LogP contribution in [0.3, 0.4) is 0 Å². The van der Waals surface area contributed by atoms with Gasteiger partial charge < -0.3 is 9.84 Å². The summed E-state index contributed by atoms with van der Waals surface area (Å²) in [5.41, 5.74) is 2.44. The van der Waals surface area contributed by atoms with Gasteiger partial charge in [-0.15, -0.1) is 0 Å². The van der Waals surface area contributed by atoms with E-state index in [9.17, 15) is 5.11 Å². The van der Waals surface area contributed by atoms with Crippen molar-refractivity contribution in [3.63, 3.8) is 0 Å². The molecular weight excluding hydrogens is 280 g/mol. The van der Waals surface area contributed by atoms with Crippen LogP contribution in [0, 0.1) is 5.92 Å². The number of rotatable bonds is 3. The van der Waals surface area contributed by atoms with E-state index in [0.29, 0.717) is 11.8 Å². The van der Waals surface area contributed by atoms with Crippen molar-refractivity contribution in [2.75, 3.05) is 18.1 Å². The van der Waals surface area contributed by atoms with E-state index >= 15 is 0 Å². The molecular formula is C18H26O2S. The van der Waals surface area contributed by atoms with Gasteiger partial charge in [0.05, 0.1) is 11.7 Å². The Balaban J connectivity index is 1.70. The van der Waals surface area contributed by atoms with Gasteiger partial charge in [-0.3, -0.25) is 0 Å². The predicted octanol–water partition coefficient (Wildman–Crippen LogP) is 4.15. The van der Waals surface area contributed by atoms with Gasteiger partial charge in [0, 0.05) is 12.4 Å². The first-order valence-electron chi connectivity index (χ1n) is 8.09. The second kappa shape index (κ2) is 6.31. The zero-order valence-corrected chi connectivity index (χ0v) is 13.9. The third-order valence-electron chi connectivity index (χ3n) is 4.99. The number of thioether (sulfide) groups is 1. The average Bonchev–Trinajstić information content (AvgIpc) is 2.94. The topological polar surface area (TPSA) is 29.5 Å². The van der Waals surface area contributed by atoms with Gasteiger partial charge in [0.15, 0.2) is 0 Å². The van der Waals surface area contributed by atoms with Gasteiger partial charge in [0.2, 0.25) is 0 Å². The molecule has 2 aliphatic rings. The maximum Gasteiger partial charge on any atom is 0.0820 e. The van der Waals surface area contributed by atoms with Crippen molar-refractivity contribution in [2.45, 2.75) is 50.7 Å². The van der Waals surface area contributed by atoms with E-state index in [0.717, 1.165) is 37.2 Å². The Morgan fingerprint density at radius 1 is 1.24 bits per heavy atom. The van der Waals surface area contributed by atoms with Crippen molar-refractivity contribution in [3.8, 4) is 0 Å². The molecule has 3 rings (SSSR count). The molecule has 0 aliphatic carbocycles. The highest BCUT2D eigenvalue weighted by Gasteiger charge is 2.42. The van der Waals surface area contributed by atoms with Crippen LogP contribution in [0.5, 0.6) is 0 Å². The lowest BCUT2D eigenvalue weighted by molar-refractivity contribution is -0.102. The molecule has 1 spiro atoms. The largest absolute Gasteiger partial charge is 0.388 e. The highest BCUT2D eigenvalue weighted by atomic mass is 32.2. The number of ether oxygens (including phenoxy) is 1. The molecule has 0 aromatic heterocycles. The lowest BCUT2D eigenvalue weighted by atomic mass is 9.80. The maximum absolute atomic E-state index is 10.8. The standard InChI is InChI=1S/C18H26O2S/c1-13(2)14-3-5-15(6-4-14)17(19)16-7-9-20-18(11-16)8-10-21-12-18/h3-6,13,16-17,19H,7-12H2,1-2H3. The van der Waals surface area contributed by atoms with Crippen LogP contribution in [0.1, 0.15) is 56.3 Å². The molecule has 2 nitrogen and oxygen atoms in total. The smallest absolute Gasteiger partial charge is 0.0820 e. The fourth-order valence-electron chi connectivity index (χ4n) is 3.55. The van der Waals surface area contributed by atoms with Gasteiger partial charge in [-0.2, -0.15) is 11.8 Å². The molecule has 2 saturated heterocycles. The van der Waals surface area contributed by atoms with Crippen molar-refractivity contribution >= 4 is 11.8 Å². The molecule has 1 N–H and O–H groups in total. The molecule has 2 fully saturated rings. The first-order valence-corrected chi connectivity index (χ1v) is 9.25. The van der Waals surface area contributed by atoms with Gasteiger partial charge in [0.25, 0.3) is 0 Å². The molecule has 3 heteroatoms. The number of hydrogen-bond acceptors (Lipinski definition) is 3. The highest BCUT2D eigenvalue weighted by Crippen LogP contribution is 2.44. The first-order chi connectivity index (χ1) is 10.1. The molecule has 2 heterocycles. The van der Waals surface area contributed by atoms with Crippen LogP contribution in [0.15, 0.2) is 24.3 Å². The first kappa shape index (κ1) is 15.4. The molecule has 21 heavy (non-hydrogen) atoms. The van der Waals surface area contributed by atoms with Crippen molar-refractivity contribution in [3.05, 3.63) is 35.4 Å². The summed E-state index contributed by atoms with van der Waals surface area (Å²) < 4.78 is 6.06. The Hall–Kier alpha value is -0.510. The summed E-state index contributed by atoms with van der Waals surface area (Å²) in [5, 5.41) is 10.8. The lowest BCUT2D eigenvalue weighted by Gasteiger charge is -2.39. The minimum atomic E-state index is -0.349. The van der Waals surface area contributed by atoms with Crippen molar-refractivity contribution < 1.29 is 9.84 Å². The fourth-order valence-corrected chi connectivity index (χ4v) is 4.93. The molecule has 0 radical (unpaired) electrons. The third-order valence-corrected chi connectivity index (χ3v) is 6.21. The predicted molar refractivity (Wildman–Crippen MR) is 88.8 cm³/mol. The third kappa shape index (κ3) is 3.30. The monoisotopic (exact) mass is 306 g/mol. The van der Waals surface area contributed by atoms with Crippen LogP contribution in [0.25, 0.3) is 0 Å². The normalized spacial score (nSPS) is 31.0. The summed E-state index contributed by atoms with van der Waals surface area (Å²) in [6.07, 6.45) is 2.78. The number of aliphatic hydroxyl groups excluding tert-OH is 1. The van der Waals surface area contributed by atoms with Gasteiger partial charge in [0.1, 0.15) is 0 Å². The molecule has 3 atom stereocenters. The van der Waals surface area contributed by atoms with E-state index in [2.05, 4.69) is 38.1 Å². The van der Waals surface area contributed by atoms with Crippen LogP contribution in [-0.4, -0.2) is 28.8 Å². The van der Waals surface area contributed by atoms with Crippen LogP contribution in [-0.2, 0) is 4.74 Å². The summed E-state index contributed by atoms with van der Waals surface area (Å²) in [6, 6.07) is 8.52. The Kier molecular flexibility index (Phi) is 4.63. The Bertz CT molecular complexity index is 463. The van der Waals surface area contributed by atoms with Crippen LogP contribution in [0.2, 0.25) is 0 Å². The minimum Gasteiger partial charge on any atom is -0.388 e. The molecule has 0 bridgehead atoms. The number of aliphatic hydroxyl groups is 1. The molecule has 2 aliphatic heterocycles. The average molecular weight is 306 g/mol. The molecule has 0 amide bonds. The second-order valence-corrected chi connectivity index (χ2v) is 7.96. The summed E-state index contributed by atoms with van der Waals surface area (Å²) in [4.78, 5) is 0. The second-order valence-electron chi connectivity index (χ2n) is 6.85. The van der Waals surface area contributed by atoms with Gasteiger partial charge in [-0.05, 0) is 48.0 Å². The molecule has 1 aromatic carbocycles. The summed E-state index contributed by atoms with van der Waals surface area (Å²) in [6.45, 7) is 5.20. The molecule has 0 saturated carbocycles. The van der Waals surface area contributed by atoms with Crippen LogP contribution < -0.4 is 0 Å². The van der Waals surface area contributed by atoms with E-state index in [-0.39, 0.29) is 11.7 Å². The van der Waals surface area contributed by atoms with E-state index in [1.54, 1.807) is 0 Å². The number of benzene rings is 1. The summed E-state index contributed by atoms with van der Waals surface area (Å²) in [5.74, 6) is 3.18. The van der Waals surface area contributed by atoms with Crippen molar-refractivity contribution in [2.24, 2.45) is 5.92 Å². The Morgan fingerprint density at radius 3 is 2.57 bits per heavy atom. The molecule has 1 aromatic rings. The van der Waals surface area contributed by atoms with Gasteiger partial charge in [-0.1, -0.05) is 38.1 Å². The molecule has 3 unspecified atom stereocenters. The van der Waals surface area contributed by atoms with E-state index in [1.807, 2.05) is 11.8 Å². The van der Waals surface area contributed by atoms with Gasteiger partial charge >= 0.3 is 0 Å². The maximum atomic E-state index is 10.8. The molecule has 116 valence electrons. The van der Waals surface area contributed by atoms with E-state index in [1.165, 1.54) is 11.3 Å². The van der Waals surface area contributed by atoms with E-state index < -0.39 is 0 Å². The van der Waals surface area contributed by atoms with Crippen molar-refractivity contribution in [1.82, 2.24) is 0 Å². The minimum absolute atomic E-state index is 0.0481. The zero-order chi connectivity index (χ0) is 14.9. The van der Waals surface area contributed by atoms with Crippen LogP contribution in [0.4, 0.5) is 0 Å². The quantitative estimate of drug-likeness (QED) is 0.910. The zero-order valence-electron chi connectivity index (χ0n) is 13.0. The summed E-state index contributed by atoms with van der Waals surface area (Å²) in [7, 11) is 0. The summed E-state index contributed by atoms with van der Waals surface area (Å²) >= 11 is 1.99.